The van der Waals surface area contributed by atoms with Crippen LogP contribution in [0.5, 0.6) is 11.5 Å². The molecule has 0 spiro atoms. The number of rotatable bonds is 8. The van der Waals surface area contributed by atoms with Crippen molar-refractivity contribution >= 4 is 35.0 Å². The number of aliphatic hydroxyl groups excluding tert-OH is 2. The molecule has 1 fully saturated rings. The summed E-state index contributed by atoms with van der Waals surface area (Å²) < 4.78 is 0. The molecule has 0 aliphatic carbocycles. The second kappa shape index (κ2) is 16.1. The highest BCUT2D eigenvalue weighted by atomic mass is 32.1. The molecule has 38 heavy (non-hydrogen) atoms. The van der Waals surface area contributed by atoms with Gasteiger partial charge in [-0.1, -0.05) is 56.4 Å². The van der Waals surface area contributed by atoms with Crippen LogP contribution in [0.4, 0.5) is 0 Å². The Morgan fingerprint density at radius 2 is 1.89 bits per heavy atom. The average molecular weight is 559 g/mol. The van der Waals surface area contributed by atoms with E-state index in [1.165, 1.54) is 22.9 Å². The summed E-state index contributed by atoms with van der Waals surface area (Å²) in [5, 5.41) is 43.3. The molecule has 1 saturated heterocycles. The normalized spacial score (nSPS) is 15.8. The van der Waals surface area contributed by atoms with E-state index in [1.54, 1.807) is 40.5 Å². The van der Waals surface area contributed by atoms with Crippen molar-refractivity contribution in [3.63, 3.8) is 0 Å². The van der Waals surface area contributed by atoms with Gasteiger partial charge in [0.25, 0.3) is 5.91 Å². The Hall–Kier alpha value is -2.98. The Labute approximate surface area is 234 Å². The maximum atomic E-state index is 12.1. The van der Waals surface area contributed by atoms with E-state index >= 15 is 0 Å². The summed E-state index contributed by atoms with van der Waals surface area (Å²) in [6.07, 6.45) is -0.0722. The highest BCUT2D eigenvalue weighted by molar-refractivity contribution is 7.78. The van der Waals surface area contributed by atoms with E-state index in [0.717, 1.165) is 36.9 Å². The molecule has 2 aromatic carbocycles. The summed E-state index contributed by atoms with van der Waals surface area (Å²) in [5.41, 5.74) is 4.56. The Morgan fingerprint density at radius 3 is 2.55 bits per heavy atom. The van der Waals surface area contributed by atoms with Crippen molar-refractivity contribution in [1.29, 1.82) is 0 Å². The van der Waals surface area contributed by atoms with Gasteiger partial charge < -0.3 is 30.6 Å². The fourth-order valence-corrected chi connectivity index (χ4v) is 5.04. The van der Waals surface area contributed by atoms with E-state index in [0.29, 0.717) is 12.3 Å². The number of thiophene rings is 1. The van der Waals surface area contributed by atoms with Crippen LogP contribution in [-0.4, -0.2) is 55.5 Å². The zero-order valence-electron chi connectivity index (χ0n) is 22.1. The zero-order valence-corrected chi connectivity index (χ0v) is 23.7. The Bertz CT molecular complexity index is 1150. The molecular formula is C29H38N2O5S2. The number of amides is 1. The van der Waals surface area contributed by atoms with Crippen molar-refractivity contribution in [2.45, 2.75) is 64.8 Å². The second-order valence-corrected chi connectivity index (χ2v) is 9.93. The first kappa shape index (κ1) is 31.2. The Morgan fingerprint density at radius 1 is 1.16 bits per heavy atom. The van der Waals surface area contributed by atoms with Gasteiger partial charge in [-0.3, -0.25) is 4.79 Å². The Kier molecular flexibility index (Phi) is 13.2. The van der Waals surface area contributed by atoms with Crippen LogP contribution in [0.1, 0.15) is 61.2 Å². The zero-order chi connectivity index (χ0) is 28.1. The number of carbonyl (C=O) groups excluding carboxylic acids is 1. The smallest absolute Gasteiger partial charge is 0.254 e. The van der Waals surface area contributed by atoms with E-state index < -0.39 is 18.1 Å². The molecule has 5 N–H and O–H groups in total. The minimum atomic E-state index is -1.39. The SMILES string of the molecule is CC.C[C@H](O)[C@@H](O)C(=O)N1CCCC1c1cccc(O)c1.Oc1ccccc1Cc1csc(CNC=S)c1. The summed E-state index contributed by atoms with van der Waals surface area (Å²) in [5.74, 6) is 0.0611. The van der Waals surface area contributed by atoms with Crippen LogP contribution >= 0.6 is 23.6 Å². The topological polar surface area (TPSA) is 113 Å². The van der Waals surface area contributed by atoms with Gasteiger partial charge in [0.1, 0.15) is 11.5 Å². The number of thiocarbonyl (C=S) groups is 1. The molecule has 9 heteroatoms. The molecule has 3 atom stereocenters. The maximum absolute atomic E-state index is 12.1. The number of aromatic hydroxyl groups is 2. The minimum absolute atomic E-state index is 0.145. The van der Waals surface area contributed by atoms with E-state index in [4.69, 9.17) is 12.2 Å². The van der Waals surface area contributed by atoms with Crippen LogP contribution < -0.4 is 5.32 Å². The lowest BCUT2D eigenvalue weighted by atomic mass is 10.0. The fraction of sp³-hybridized carbons (Fsp3) is 0.379. The standard InChI is InChI=1S/C14H19NO4.C13H13NOS2.C2H6/c1-9(16)13(18)14(19)15-7-3-6-12(15)10-4-2-5-11(17)8-10;15-13-4-2-1-3-11(13)5-10-6-12(17-8-10)7-14-9-16;1-2/h2,4-5,8-9,12-13,16-18H,3,6-7H2,1H3;1-4,6,8-9,15H,5,7H2,(H,14,16);1-2H3/t9-,12?,13+;;/m0../s1. The van der Waals surface area contributed by atoms with E-state index in [9.17, 15) is 25.2 Å². The molecule has 0 saturated carbocycles. The van der Waals surface area contributed by atoms with Crippen molar-refractivity contribution in [1.82, 2.24) is 10.2 Å². The molecular weight excluding hydrogens is 520 g/mol. The lowest BCUT2D eigenvalue weighted by Gasteiger charge is -2.28. The Balaban J connectivity index is 0.000000252. The predicted molar refractivity (Wildman–Crippen MR) is 157 cm³/mol. The maximum Gasteiger partial charge on any atom is 0.254 e. The number of phenols is 2. The number of phenolic OH excluding ortho intramolecular Hbond substituents is 2. The number of para-hydroxylation sites is 1. The molecule has 3 aromatic rings. The van der Waals surface area contributed by atoms with Crippen molar-refractivity contribution in [3.8, 4) is 11.5 Å². The van der Waals surface area contributed by atoms with Crippen LogP contribution in [0.15, 0.2) is 60.0 Å². The van der Waals surface area contributed by atoms with Crippen LogP contribution in [0.3, 0.4) is 0 Å². The number of benzene rings is 2. The number of hydrogen-bond donors (Lipinski definition) is 5. The third-order valence-corrected chi connectivity index (χ3v) is 7.11. The van der Waals surface area contributed by atoms with Gasteiger partial charge in [-0.15, -0.1) is 11.3 Å². The molecule has 1 unspecified atom stereocenters. The van der Waals surface area contributed by atoms with Gasteiger partial charge in [-0.25, -0.2) is 0 Å². The number of aliphatic hydroxyl groups is 2. The van der Waals surface area contributed by atoms with Crippen molar-refractivity contribution in [2.75, 3.05) is 6.54 Å². The van der Waals surface area contributed by atoms with Crippen molar-refractivity contribution < 1.29 is 25.2 Å². The van der Waals surface area contributed by atoms with Crippen LogP contribution in [0, 0.1) is 0 Å². The van der Waals surface area contributed by atoms with Gasteiger partial charge in [0.05, 0.1) is 17.6 Å². The summed E-state index contributed by atoms with van der Waals surface area (Å²) in [6, 6.07) is 16.2. The van der Waals surface area contributed by atoms with Crippen LogP contribution in [0.2, 0.25) is 0 Å². The summed E-state index contributed by atoms with van der Waals surface area (Å²) in [7, 11) is 0. The number of nitrogens with one attached hydrogen (secondary N) is 1. The third kappa shape index (κ3) is 9.09. The highest BCUT2D eigenvalue weighted by Crippen LogP contribution is 2.33. The van der Waals surface area contributed by atoms with Gasteiger partial charge in [0.2, 0.25) is 0 Å². The van der Waals surface area contributed by atoms with E-state index in [2.05, 4.69) is 16.8 Å². The average Bonchev–Trinajstić information content (AvgIpc) is 3.59. The third-order valence-electron chi connectivity index (χ3n) is 5.95. The molecule has 2 heterocycles. The summed E-state index contributed by atoms with van der Waals surface area (Å²) in [4.78, 5) is 14.9. The van der Waals surface area contributed by atoms with Crippen molar-refractivity contribution in [3.05, 3.63) is 81.5 Å². The quantitative estimate of drug-likeness (QED) is 0.250. The van der Waals surface area contributed by atoms with Crippen LogP contribution in [-0.2, 0) is 17.8 Å². The highest BCUT2D eigenvalue weighted by Gasteiger charge is 2.34. The minimum Gasteiger partial charge on any atom is -0.508 e. The van der Waals surface area contributed by atoms with Gasteiger partial charge >= 0.3 is 0 Å². The van der Waals surface area contributed by atoms with E-state index in [1.807, 2.05) is 38.1 Å². The molecule has 1 aromatic heterocycles. The predicted octanol–water partition coefficient (Wildman–Crippen LogP) is 4.91. The number of nitrogens with zero attached hydrogens (tertiary/aromatic N) is 1. The molecule has 1 aliphatic rings. The van der Waals surface area contributed by atoms with Gasteiger partial charge in [-0.2, -0.15) is 0 Å². The molecule has 206 valence electrons. The molecule has 0 bridgehead atoms. The molecule has 0 radical (unpaired) electrons. The molecule has 7 nitrogen and oxygen atoms in total. The first-order valence-electron chi connectivity index (χ1n) is 12.8. The first-order valence-corrected chi connectivity index (χ1v) is 14.1. The fourth-order valence-electron chi connectivity index (χ4n) is 4.12. The lowest BCUT2D eigenvalue weighted by molar-refractivity contribution is -0.146. The number of carbonyl (C=O) groups is 1. The summed E-state index contributed by atoms with van der Waals surface area (Å²) in [6.45, 7) is 6.72. The monoisotopic (exact) mass is 558 g/mol. The first-order chi connectivity index (χ1) is 18.3. The lowest BCUT2D eigenvalue weighted by Crippen LogP contribution is -2.43. The van der Waals surface area contributed by atoms with Crippen molar-refractivity contribution in [2.24, 2.45) is 0 Å². The summed E-state index contributed by atoms with van der Waals surface area (Å²) >= 11 is 6.42. The number of likely N-dealkylation sites (tertiary alicyclic amines) is 1. The molecule has 1 aliphatic heterocycles. The second-order valence-electron chi connectivity index (χ2n) is 8.70. The van der Waals surface area contributed by atoms with Gasteiger partial charge in [-0.05, 0) is 66.1 Å². The van der Waals surface area contributed by atoms with E-state index in [-0.39, 0.29) is 11.8 Å². The van der Waals surface area contributed by atoms with Gasteiger partial charge in [0, 0.05) is 24.4 Å². The largest absolute Gasteiger partial charge is 0.508 e. The molecule has 4 rings (SSSR count). The van der Waals surface area contributed by atoms with Crippen LogP contribution in [0.25, 0.3) is 0 Å². The van der Waals surface area contributed by atoms with Gasteiger partial charge in [0.15, 0.2) is 6.10 Å². The number of hydrogen-bond acceptors (Lipinski definition) is 7. The molecule has 1 amide bonds.